The molecule has 1 aromatic carbocycles. The average Bonchev–Trinajstić information content (AvgIpc) is 2.96. The first-order chi connectivity index (χ1) is 13.1. The van der Waals surface area contributed by atoms with E-state index in [-0.39, 0.29) is 17.7 Å². The van der Waals surface area contributed by atoms with Crippen LogP contribution in [0.15, 0.2) is 24.3 Å². The molecule has 0 aliphatic carbocycles. The molecule has 28 heavy (non-hydrogen) atoms. The van der Waals surface area contributed by atoms with Gasteiger partial charge < -0.3 is 19.7 Å². The second-order valence-electron chi connectivity index (χ2n) is 8.30. The summed E-state index contributed by atoms with van der Waals surface area (Å²) in [6, 6.07) is 6.59. The zero-order chi connectivity index (χ0) is 20.5. The molecule has 2 aliphatic heterocycles. The van der Waals surface area contributed by atoms with E-state index in [0.717, 1.165) is 5.69 Å². The van der Waals surface area contributed by atoms with Gasteiger partial charge in [0.15, 0.2) is 0 Å². The number of hydrogen-bond donors (Lipinski definition) is 1. The Morgan fingerprint density at radius 2 is 1.71 bits per heavy atom. The van der Waals surface area contributed by atoms with Gasteiger partial charge in [0, 0.05) is 18.8 Å². The van der Waals surface area contributed by atoms with Crippen molar-refractivity contribution in [3.63, 3.8) is 0 Å². The maximum absolute atomic E-state index is 12.5. The molecule has 0 aromatic heterocycles. The van der Waals surface area contributed by atoms with Gasteiger partial charge in [-0.3, -0.25) is 4.90 Å². The molecule has 1 spiro atoms. The fourth-order valence-corrected chi connectivity index (χ4v) is 3.54. The number of likely N-dealkylation sites (tertiary alicyclic amines) is 1. The maximum Gasteiger partial charge on any atom is 0.410 e. The molecule has 2 heterocycles. The standard InChI is InChI=1S/C20H27N3O5/c1-19(2,3)28-18(26)22-11-9-20(10-12-22)13-23(17(25)21-20)15-7-5-14(6-8-15)16(24)27-4/h5-8H,9-13H2,1-4H3,(H,21,25). The molecule has 3 amide bonds. The number of rotatable bonds is 2. The van der Waals surface area contributed by atoms with E-state index in [9.17, 15) is 14.4 Å². The van der Waals surface area contributed by atoms with Crippen molar-refractivity contribution in [1.29, 1.82) is 0 Å². The number of anilines is 1. The third kappa shape index (κ3) is 4.21. The van der Waals surface area contributed by atoms with E-state index < -0.39 is 11.6 Å². The summed E-state index contributed by atoms with van der Waals surface area (Å²) >= 11 is 0. The Kier molecular flexibility index (Phi) is 5.23. The molecule has 152 valence electrons. The summed E-state index contributed by atoms with van der Waals surface area (Å²) in [5.41, 5.74) is 0.264. The third-order valence-electron chi connectivity index (χ3n) is 5.05. The van der Waals surface area contributed by atoms with Crippen molar-refractivity contribution in [3.05, 3.63) is 29.8 Å². The number of esters is 1. The van der Waals surface area contributed by atoms with Gasteiger partial charge in [-0.15, -0.1) is 0 Å². The summed E-state index contributed by atoms with van der Waals surface area (Å²) < 4.78 is 10.1. The Hall–Kier alpha value is -2.77. The Morgan fingerprint density at radius 1 is 1.11 bits per heavy atom. The topological polar surface area (TPSA) is 88.2 Å². The first-order valence-electron chi connectivity index (χ1n) is 9.38. The first kappa shape index (κ1) is 20.0. The molecule has 1 N–H and O–H groups in total. The predicted octanol–water partition coefficient (Wildman–Crippen LogP) is 2.77. The molecule has 3 rings (SSSR count). The number of carbonyl (C=O) groups excluding carboxylic acids is 3. The van der Waals surface area contributed by atoms with Gasteiger partial charge in [-0.2, -0.15) is 0 Å². The molecule has 8 heteroatoms. The van der Waals surface area contributed by atoms with E-state index >= 15 is 0 Å². The van der Waals surface area contributed by atoms with Crippen LogP contribution in [-0.2, 0) is 9.47 Å². The molecular formula is C20H27N3O5. The van der Waals surface area contributed by atoms with Crippen LogP contribution in [-0.4, -0.2) is 60.9 Å². The van der Waals surface area contributed by atoms with Crippen LogP contribution in [0.4, 0.5) is 15.3 Å². The van der Waals surface area contributed by atoms with Gasteiger partial charge in [0.05, 0.1) is 24.8 Å². The van der Waals surface area contributed by atoms with Crippen molar-refractivity contribution in [2.75, 3.05) is 31.6 Å². The summed E-state index contributed by atoms with van der Waals surface area (Å²) in [5.74, 6) is -0.414. The monoisotopic (exact) mass is 389 g/mol. The summed E-state index contributed by atoms with van der Waals surface area (Å²) in [5, 5.41) is 3.09. The lowest BCUT2D eigenvalue weighted by molar-refractivity contribution is 0.0167. The number of carbonyl (C=O) groups is 3. The van der Waals surface area contributed by atoms with Crippen LogP contribution in [0.5, 0.6) is 0 Å². The minimum atomic E-state index is -0.527. The molecule has 0 unspecified atom stereocenters. The normalized spacial score (nSPS) is 18.8. The van der Waals surface area contributed by atoms with Crippen molar-refractivity contribution in [2.24, 2.45) is 0 Å². The molecule has 1 aromatic rings. The number of piperidine rings is 1. The van der Waals surface area contributed by atoms with Crippen LogP contribution in [0.3, 0.4) is 0 Å². The van der Waals surface area contributed by atoms with E-state index in [2.05, 4.69) is 5.32 Å². The predicted molar refractivity (Wildman–Crippen MR) is 103 cm³/mol. The smallest absolute Gasteiger partial charge is 0.410 e. The summed E-state index contributed by atoms with van der Waals surface area (Å²) in [6.45, 7) is 7.12. The maximum atomic E-state index is 12.5. The van der Waals surface area contributed by atoms with Gasteiger partial charge in [-0.25, -0.2) is 14.4 Å². The fraction of sp³-hybridized carbons (Fsp3) is 0.550. The number of amides is 3. The molecule has 0 radical (unpaired) electrons. The molecule has 0 bridgehead atoms. The molecule has 2 fully saturated rings. The number of nitrogens with zero attached hydrogens (tertiary/aromatic N) is 2. The van der Waals surface area contributed by atoms with Crippen LogP contribution in [0, 0.1) is 0 Å². The number of ether oxygens (including phenoxy) is 2. The third-order valence-corrected chi connectivity index (χ3v) is 5.05. The number of hydrogen-bond acceptors (Lipinski definition) is 5. The highest BCUT2D eigenvalue weighted by atomic mass is 16.6. The fourth-order valence-electron chi connectivity index (χ4n) is 3.54. The Morgan fingerprint density at radius 3 is 2.25 bits per heavy atom. The van der Waals surface area contributed by atoms with Crippen LogP contribution in [0.25, 0.3) is 0 Å². The zero-order valence-electron chi connectivity index (χ0n) is 16.8. The van der Waals surface area contributed by atoms with Gasteiger partial charge in [0.2, 0.25) is 0 Å². The van der Waals surface area contributed by atoms with Gasteiger partial charge >= 0.3 is 18.1 Å². The van der Waals surface area contributed by atoms with Gasteiger partial charge in [0.25, 0.3) is 0 Å². The lowest BCUT2D eigenvalue weighted by Gasteiger charge is -2.39. The van der Waals surface area contributed by atoms with Gasteiger partial charge in [-0.05, 0) is 57.9 Å². The van der Waals surface area contributed by atoms with Crippen molar-refractivity contribution in [1.82, 2.24) is 10.2 Å². The molecular weight excluding hydrogens is 362 g/mol. The van der Waals surface area contributed by atoms with Crippen LogP contribution in [0.1, 0.15) is 44.0 Å². The van der Waals surface area contributed by atoms with E-state index in [1.807, 2.05) is 20.8 Å². The van der Waals surface area contributed by atoms with Gasteiger partial charge in [-0.1, -0.05) is 0 Å². The number of nitrogens with one attached hydrogen (secondary N) is 1. The summed E-state index contributed by atoms with van der Waals surface area (Å²) in [7, 11) is 1.33. The molecule has 0 saturated carbocycles. The minimum Gasteiger partial charge on any atom is -0.465 e. The Bertz CT molecular complexity index is 761. The SMILES string of the molecule is COC(=O)c1ccc(N2CC3(CCN(C(=O)OC(C)(C)C)CC3)NC2=O)cc1. The van der Waals surface area contributed by atoms with E-state index in [4.69, 9.17) is 9.47 Å². The number of methoxy groups -OCH3 is 1. The largest absolute Gasteiger partial charge is 0.465 e. The molecule has 8 nitrogen and oxygen atoms in total. The van der Waals surface area contributed by atoms with Gasteiger partial charge in [0.1, 0.15) is 5.60 Å². The van der Waals surface area contributed by atoms with Crippen molar-refractivity contribution < 1.29 is 23.9 Å². The first-order valence-corrected chi connectivity index (χ1v) is 9.38. The Labute approximate surface area is 164 Å². The number of urea groups is 1. The highest BCUT2D eigenvalue weighted by Gasteiger charge is 2.45. The highest BCUT2D eigenvalue weighted by Crippen LogP contribution is 2.31. The molecule has 2 aliphatic rings. The Balaban J connectivity index is 1.63. The quantitative estimate of drug-likeness (QED) is 0.786. The molecule has 2 saturated heterocycles. The van der Waals surface area contributed by atoms with E-state index in [0.29, 0.717) is 38.0 Å². The van der Waals surface area contributed by atoms with Crippen molar-refractivity contribution >= 4 is 23.8 Å². The van der Waals surface area contributed by atoms with Crippen molar-refractivity contribution in [2.45, 2.75) is 44.8 Å². The average molecular weight is 389 g/mol. The second kappa shape index (κ2) is 7.33. The summed E-state index contributed by atoms with van der Waals surface area (Å²) in [6.07, 6.45) is 1.01. The van der Waals surface area contributed by atoms with Crippen LogP contribution in [0.2, 0.25) is 0 Å². The van der Waals surface area contributed by atoms with Crippen molar-refractivity contribution in [3.8, 4) is 0 Å². The van der Waals surface area contributed by atoms with E-state index in [1.165, 1.54) is 7.11 Å². The second-order valence-corrected chi connectivity index (χ2v) is 8.30. The minimum absolute atomic E-state index is 0.170. The zero-order valence-corrected chi connectivity index (χ0v) is 16.8. The highest BCUT2D eigenvalue weighted by molar-refractivity contribution is 5.96. The lowest BCUT2D eigenvalue weighted by atomic mass is 9.88. The number of benzene rings is 1. The van der Waals surface area contributed by atoms with Crippen LogP contribution < -0.4 is 10.2 Å². The van der Waals surface area contributed by atoms with Crippen LogP contribution >= 0.6 is 0 Å². The lowest BCUT2D eigenvalue weighted by Crippen LogP contribution is -2.54. The van der Waals surface area contributed by atoms with E-state index in [1.54, 1.807) is 34.1 Å². The molecule has 0 atom stereocenters. The summed E-state index contributed by atoms with van der Waals surface area (Å²) in [4.78, 5) is 39.7.